The Morgan fingerprint density at radius 2 is 1.10 bits per heavy atom. The highest BCUT2D eigenvalue weighted by Gasteiger charge is 2.63. The zero-order valence-corrected chi connectivity index (χ0v) is 28.9. The summed E-state index contributed by atoms with van der Waals surface area (Å²) in [6.45, 7) is 14.2. The van der Waals surface area contributed by atoms with Gasteiger partial charge in [-0.1, -0.05) is 41.5 Å². The summed E-state index contributed by atoms with van der Waals surface area (Å²) < 4.78 is 12.0. The number of ether oxygens (including phenoxy) is 2. The number of rotatable bonds is 12. The number of fused-ring (bicyclic) bond motifs is 4. The summed E-state index contributed by atoms with van der Waals surface area (Å²) in [5.74, 6) is 7.75. The van der Waals surface area contributed by atoms with E-state index in [0.717, 1.165) is 35.9 Å². The Labute approximate surface area is 260 Å². The van der Waals surface area contributed by atoms with Crippen molar-refractivity contribution in [1.29, 1.82) is 0 Å². The highest BCUT2D eigenvalue weighted by atomic mass is 32.2. The molecule has 0 aromatic rings. The summed E-state index contributed by atoms with van der Waals surface area (Å²) in [4.78, 5) is 25.1. The first-order valence-electron chi connectivity index (χ1n) is 15.6. The van der Waals surface area contributed by atoms with Crippen LogP contribution in [0.15, 0.2) is 0 Å². The SMILES string of the molecule is CC1(C)C2CCC1(C)C(OC(=O)CCSCC1CSC(CSCCC(=O)OC3CC4CCC3(C)C4(C)C)CS1)C2. The Bertz CT molecular complexity index is 858. The van der Waals surface area contributed by atoms with Gasteiger partial charge in [0.05, 0.1) is 12.8 Å². The maximum Gasteiger partial charge on any atom is 0.306 e. The van der Waals surface area contributed by atoms with E-state index in [2.05, 4.69) is 65.1 Å². The molecule has 4 aliphatic carbocycles. The second-order valence-electron chi connectivity index (χ2n) is 14.7. The average molecular weight is 629 g/mol. The lowest BCUT2D eigenvalue weighted by molar-refractivity contribution is -0.157. The van der Waals surface area contributed by atoms with Crippen LogP contribution in [0.5, 0.6) is 0 Å². The third-order valence-electron chi connectivity index (χ3n) is 12.5. The van der Waals surface area contributed by atoms with Crippen LogP contribution in [0.1, 0.15) is 92.9 Å². The molecule has 8 unspecified atom stereocenters. The molecule has 5 fully saturated rings. The van der Waals surface area contributed by atoms with E-state index in [1.54, 1.807) is 0 Å². The fourth-order valence-corrected chi connectivity index (χ4v) is 14.4. The van der Waals surface area contributed by atoms with Gasteiger partial charge < -0.3 is 9.47 Å². The molecular weight excluding hydrogens is 577 g/mol. The predicted octanol–water partition coefficient (Wildman–Crippen LogP) is 7.97. The third-order valence-corrected chi connectivity index (χ3v) is 18.4. The van der Waals surface area contributed by atoms with Crippen LogP contribution in [0.3, 0.4) is 0 Å². The van der Waals surface area contributed by atoms with E-state index in [1.807, 2.05) is 23.5 Å². The first-order valence-corrected chi connectivity index (χ1v) is 20.0. The topological polar surface area (TPSA) is 52.6 Å². The number of hydrogen-bond donors (Lipinski definition) is 0. The zero-order valence-electron chi connectivity index (χ0n) is 25.6. The van der Waals surface area contributed by atoms with Gasteiger partial charge in [-0.15, -0.1) is 0 Å². The average Bonchev–Trinajstić information content (AvgIpc) is 3.42. The number of esters is 2. The summed E-state index contributed by atoms with van der Waals surface area (Å²) in [6, 6.07) is 0. The van der Waals surface area contributed by atoms with Crippen LogP contribution in [-0.2, 0) is 19.1 Å². The smallest absolute Gasteiger partial charge is 0.306 e. The predicted molar refractivity (Wildman–Crippen MR) is 175 cm³/mol. The lowest BCUT2D eigenvalue weighted by atomic mass is 9.70. The van der Waals surface area contributed by atoms with Crippen molar-refractivity contribution < 1.29 is 19.1 Å². The van der Waals surface area contributed by atoms with Crippen LogP contribution in [0, 0.1) is 33.5 Å². The van der Waals surface area contributed by atoms with Crippen LogP contribution in [0.2, 0.25) is 0 Å². The molecule has 4 bridgehead atoms. The molecule has 4 nitrogen and oxygen atoms in total. The van der Waals surface area contributed by atoms with Gasteiger partial charge in [-0.2, -0.15) is 47.0 Å². The molecule has 0 spiro atoms. The molecule has 40 heavy (non-hydrogen) atoms. The molecule has 8 atom stereocenters. The van der Waals surface area contributed by atoms with Gasteiger partial charge in [-0.05, 0) is 61.2 Å². The first-order chi connectivity index (χ1) is 18.9. The number of carbonyl (C=O) groups is 2. The molecule has 5 aliphatic rings. The molecule has 5 rings (SSSR count). The van der Waals surface area contributed by atoms with Crippen molar-refractivity contribution in [2.24, 2.45) is 33.5 Å². The normalized spacial score (nSPS) is 40.9. The zero-order chi connectivity index (χ0) is 28.8. The molecule has 1 aliphatic heterocycles. The molecule has 0 aromatic heterocycles. The van der Waals surface area contributed by atoms with Gasteiger partial charge in [0.15, 0.2) is 0 Å². The standard InChI is InChI=1S/C32H52O4S4/c1-29(2)21-7-11-31(29,5)25(15-21)35-27(33)9-13-37-17-23-19-40-24(20-39-23)18-38-14-10-28(34)36-26-16-22-8-12-32(26,6)30(22,3)4/h21-26H,7-20H2,1-6H3. The molecule has 1 heterocycles. The summed E-state index contributed by atoms with van der Waals surface area (Å²) in [6.07, 6.45) is 8.37. The summed E-state index contributed by atoms with van der Waals surface area (Å²) >= 11 is 8.01. The Kier molecular flexibility index (Phi) is 9.83. The van der Waals surface area contributed by atoms with Crippen molar-refractivity contribution in [3.05, 3.63) is 0 Å². The number of thioether (sulfide) groups is 4. The second-order valence-corrected chi connectivity index (χ2v) is 19.7. The summed E-state index contributed by atoms with van der Waals surface area (Å²) in [5.41, 5.74) is 0.880. The van der Waals surface area contributed by atoms with Crippen molar-refractivity contribution >= 4 is 59.0 Å². The monoisotopic (exact) mass is 628 g/mol. The van der Waals surface area contributed by atoms with E-state index in [9.17, 15) is 9.59 Å². The van der Waals surface area contributed by atoms with Crippen molar-refractivity contribution in [3.63, 3.8) is 0 Å². The summed E-state index contributed by atoms with van der Waals surface area (Å²) in [7, 11) is 0. The van der Waals surface area contributed by atoms with Crippen molar-refractivity contribution in [2.75, 3.05) is 34.5 Å². The van der Waals surface area contributed by atoms with Crippen molar-refractivity contribution in [3.8, 4) is 0 Å². The van der Waals surface area contributed by atoms with Gasteiger partial charge in [0.2, 0.25) is 0 Å². The van der Waals surface area contributed by atoms with Gasteiger partial charge in [-0.25, -0.2) is 0 Å². The minimum absolute atomic E-state index is 0.00207. The summed E-state index contributed by atoms with van der Waals surface area (Å²) in [5, 5.41) is 1.33. The van der Waals surface area contributed by atoms with Crippen LogP contribution in [-0.4, -0.2) is 69.2 Å². The Balaban J connectivity index is 0.887. The van der Waals surface area contributed by atoms with Crippen molar-refractivity contribution in [2.45, 2.75) is 116 Å². The fraction of sp³-hybridized carbons (Fsp3) is 0.938. The lowest BCUT2D eigenvalue weighted by Gasteiger charge is -2.38. The highest BCUT2D eigenvalue weighted by molar-refractivity contribution is 8.09. The minimum atomic E-state index is 0.00207. The Morgan fingerprint density at radius 1 is 0.700 bits per heavy atom. The highest BCUT2D eigenvalue weighted by Crippen LogP contribution is 2.67. The van der Waals surface area contributed by atoms with E-state index in [1.165, 1.54) is 37.2 Å². The van der Waals surface area contributed by atoms with Crippen LogP contribution in [0.25, 0.3) is 0 Å². The minimum Gasteiger partial charge on any atom is -0.462 e. The van der Waals surface area contributed by atoms with E-state index < -0.39 is 0 Å². The molecule has 4 saturated carbocycles. The first kappa shape index (κ1) is 31.8. The maximum absolute atomic E-state index is 12.6. The number of hydrogen-bond acceptors (Lipinski definition) is 8. The Hall–Kier alpha value is 0.340. The Morgan fingerprint density at radius 3 is 1.40 bits per heavy atom. The van der Waals surface area contributed by atoms with Gasteiger partial charge in [0.1, 0.15) is 12.2 Å². The largest absolute Gasteiger partial charge is 0.462 e. The molecule has 0 aromatic carbocycles. The second kappa shape index (κ2) is 12.4. The van der Waals surface area contributed by atoms with E-state index in [4.69, 9.17) is 9.47 Å². The van der Waals surface area contributed by atoms with Gasteiger partial charge in [-0.3, -0.25) is 9.59 Å². The van der Waals surface area contributed by atoms with Crippen LogP contribution >= 0.6 is 47.0 Å². The van der Waals surface area contributed by atoms with Gasteiger partial charge in [0, 0.05) is 55.8 Å². The molecule has 228 valence electrons. The molecule has 0 N–H and O–H groups in total. The van der Waals surface area contributed by atoms with E-state index >= 15 is 0 Å². The fourth-order valence-electron chi connectivity index (χ4n) is 8.57. The molecule has 1 saturated heterocycles. The maximum atomic E-state index is 12.6. The van der Waals surface area contributed by atoms with Crippen LogP contribution < -0.4 is 0 Å². The van der Waals surface area contributed by atoms with Gasteiger partial charge in [0.25, 0.3) is 0 Å². The molecule has 0 amide bonds. The van der Waals surface area contributed by atoms with Crippen LogP contribution in [0.4, 0.5) is 0 Å². The molecule has 0 radical (unpaired) electrons. The molecule has 8 heteroatoms. The quantitative estimate of drug-likeness (QED) is 0.159. The third kappa shape index (κ3) is 6.01. The lowest BCUT2D eigenvalue weighted by Crippen LogP contribution is -2.38. The molecular formula is C32H52O4S4. The van der Waals surface area contributed by atoms with E-state index in [-0.39, 0.29) is 45.8 Å². The number of carbonyl (C=O) groups excluding carboxylic acids is 2. The van der Waals surface area contributed by atoms with Gasteiger partial charge >= 0.3 is 11.9 Å². The van der Waals surface area contributed by atoms with E-state index in [0.29, 0.717) is 35.2 Å². The van der Waals surface area contributed by atoms with Crippen molar-refractivity contribution in [1.82, 2.24) is 0 Å².